The Balaban J connectivity index is 2.17. The Morgan fingerprint density at radius 3 is 1.83 bits per heavy atom. The van der Waals surface area contributed by atoms with E-state index in [4.69, 9.17) is 14.2 Å². The Hall–Kier alpha value is -3.35. The molecule has 196 valence electrons. The lowest BCUT2D eigenvalue weighted by Crippen LogP contribution is -2.45. The van der Waals surface area contributed by atoms with Crippen molar-refractivity contribution in [3.8, 4) is 0 Å². The fourth-order valence-corrected chi connectivity index (χ4v) is 3.29. The summed E-state index contributed by atoms with van der Waals surface area (Å²) in [6.45, 7) is 14.5. The Kier molecular flexibility index (Phi) is 9.30. The highest BCUT2D eigenvalue weighted by atomic mass is 16.6. The summed E-state index contributed by atoms with van der Waals surface area (Å²) >= 11 is 0. The van der Waals surface area contributed by atoms with Crippen molar-refractivity contribution in [1.29, 1.82) is 0 Å². The number of amides is 1. The van der Waals surface area contributed by atoms with E-state index in [1.807, 2.05) is 89.2 Å². The Bertz CT molecular complexity index is 1030. The van der Waals surface area contributed by atoms with Gasteiger partial charge in [0.15, 0.2) is 0 Å². The van der Waals surface area contributed by atoms with Gasteiger partial charge < -0.3 is 19.5 Å². The highest BCUT2D eigenvalue weighted by molar-refractivity contribution is 5.83. The average molecular weight is 498 g/mol. The molecule has 2 aromatic carbocycles. The molecule has 1 unspecified atom stereocenters. The normalized spacial score (nSPS) is 12.9. The first kappa shape index (κ1) is 28.9. The van der Waals surface area contributed by atoms with Crippen molar-refractivity contribution in [1.82, 2.24) is 5.32 Å². The lowest BCUT2D eigenvalue weighted by molar-refractivity contribution is -0.160. The van der Waals surface area contributed by atoms with Gasteiger partial charge in [-0.2, -0.15) is 0 Å². The number of hydrogen-bond acceptors (Lipinski definition) is 6. The first-order valence-electron chi connectivity index (χ1n) is 12.1. The van der Waals surface area contributed by atoms with Crippen LogP contribution in [0.3, 0.4) is 0 Å². The monoisotopic (exact) mass is 497 g/mol. The largest absolute Gasteiger partial charge is 0.459 e. The molecule has 7 nitrogen and oxygen atoms in total. The zero-order valence-corrected chi connectivity index (χ0v) is 22.6. The van der Waals surface area contributed by atoms with Crippen molar-refractivity contribution >= 4 is 18.0 Å². The van der Waals surface area contributed by atoms with E-state index >= 15 is 0 Å². The van der Waals surface area contributed by atoms with Gasteiger partial charge in [-0.15, -0.1) is 0 Å². The molecular formula is C29H39NO6. The number of ether oxygens (including phenoxy) is 3. The number of benzene rings is 2. The SMILES string of the molecule is CC(C)(C)OC(=O)NC(Cc1ccc(C(C)(C)C(=O)OC(C)(C)C)cc1)C(=O)OCc1ccccc1. The van der Waals surface area contributed by atoms with Crippen LogP contribution >= 0.6 is 0 Å². The molecule has 1 amide bonds. The first-order chi connectivity index (χ1) is 16.6. The van der Waals surface area contributed by atoms with Gasteiger partial charge in [0.25, 0.3) is 0 Å². The molecule has 0 fully saturated rings. The molecule has 0 saturated heterocycles. The molecule has 0 aromatic heterocycles. The fourth-order valence-electron chi connectivity index (χ4n) is 3.29. The van der Waals surface area contributed by atoms with E-state index in [0.717, 1.165) is 16.7 Å². The third kappa shape index (κ3) is 9.36. The van der Waals surface area contributed by atoms with E-state index in [-0.39, 0.29) is 19.0 Å². The summed E-state index contributed by atoms with van der Waals surface area (Å²) in [6, 6.07) is 15.7. The van der Waals surface area contributed by atoms with Gasteiger partial charge in [-0.3, -0.25) is 4.79 Å². The molecule has 0 aliphatic rings. The van der Waals surface area contributed by atoms with Gasteiger partial charge in [0.1, 0.15) is 23.9 Å². The molecule has 0 aliphatic heterocycles. The van der Waals surface area contributed by atoms with Crippen LogP contribution in [0.2, 0.25) is 0 Å². The standard InChI is InChI=1S/C29H39NO6/c1-27(2,3)35-25(32)29(7,8)22-16-14-20(15-17-22)18-23(30-26(33)36-28(4,5)6)24(31)34-19-21-12-10-9-11-13-21/h9-17,23H,18-19H2,1-8H3,(H,30,33). The van der Waals surface area contributed by atoms with Crippen LogP contribution < -0.4 is 5.32 Å². The van der Waals surface area contributed by atoms with E-state index in [0.29, 0.717) is 0 Å². The minimum absolute atomic E-state index is 0.0924. The Labute approximate surface area is 214 Å². The predicted molar refractivity (Wildman–Crippen MR) is 138 cm³/mol. The van der Waals surface area contributed by atoms with Crippen LogP contribution in [0.4, 0.5) is 4.79 Å². The number of esters is 2. The van der Waals surface area contributed by atoms with Crippen LogP contribution in [0.15, 0.2) is 54.6 Å². The van der Waals surface area contributed by atoms with Crippen LogP contribution in [0.25, 0.3) is 0 Å². The minimum Gasteiger partial charge on any atom is -0.459 e. The van der Waals surface area contributed by atoms with Crippen LogP contribution in [0.5, 0.6) is 0 Å². The summed E-state index contributed by atoms with van der Waals surface area (Å²) in [4.78, 5) is 38.0. The second-order valence-electron chi connectivity index (χ2n) is 11.3. The number of alkyl carbamates (subject to hydrolysis) is 1. The summed E-state index contributed by atoms with van der Waals surface area (Å²) in [5.74, 6) is -0.889. The molecule has 0 radical (unpaired) electrons. The number of rotatable bonds is 8. The van der Waals surface area contributed by atoms with Gasteiger partial charge in [0.2, 0.25) is 0 Å². The van der Waals surface area contributed by atoms with Gasteiger partial charge in [-0.05, 0) is 72.1 Å². The Morgan fingerprint density at radius 1 is 0.750 bits per heavy atom. The number of carbonyl (C=O) groups excluding carboxylic acids is 3. The highest BCUT2D eigenvalue weighted by Crippen LogP contribution is 2.27. The van der Waals surface area contributed by atoms with Crippen molar-refractivity contribution < 1.29 is 28.6 Å². The maximum Gasteiger partial charge on any atom is 0.408 e. The molecule has 0 bridgehead atoms. The Morgan fingerprint density at radius 2 is 1.31 bits per heavy atom. The van der Waals surface area contributed by atoms with E-state index in [1.165, 1.54) is 0 Å². The number of carbonyl (C=O) groups is 3. The average Bonchev–Trinajstić information content (AvgIpc) is 2.75. The van der Waals surface area contributed by atoms with Crippen molar-refractivity contribution in [2.45, 2.75) is 91.1 Å². The van der Waals surface area contributed by atoms with Crippen molar-refractivity contribution in [3.63, 3.8) is 0 Å². The minimum atomic E-state index is -0.951. The summed E-state index contributed by atoms with van der Waals surface area (Å²) < 4.78 is 16.4. The molecule has 0 aliphatic carbocycles. The second-order valence-corrected chi connectivity index (χ2v) is 11.3. The molecule has 7 heteroatoms. The summed E-state index contributed by atoms with van der Waals surface area (Å²) in [5.41, 5.74) is 0.261. The summed E-state index contributed by atoms with van der Waals surface area (Å²) in [5, 5.41) is 2.64. The van der Waals surface area contributed by atoms with Gasteiger partial charge in [0, 0.05) is 6.42 Å². The maximum atomic E-state index is 12.9. The third-order valence-electron chi connectivity index (χ3n) is 5.22. The van der Waals surface area contributed by atoms with Crippen LogP contribution in [0, 0.1) is 0 Å². The topological polar surface area (TPSA) is 90.9 Å². The molecular weight excluding hydrogens is 458 g/mol. The second kappa shape index (κ2) is 11.6. The molecule has 0 heterocycles. The summed E-state index contributed by atoms with van der Waals surface area (Å²) in [7, 11) is 0. The third-order valence-corrected chi connectivity index (χ3v) is 5.22. The molecule has 1 N–H and O–H groups in total. The lowest BCUT2D eigenvalue weighted by Gasteiger charge is -2.29. The lowest BCUT2D eigenvalue weighted by atomic mass is 9.84. The molecule has 2 aromatic rings. The molecule has 0 saturated carbocycles. The molecule has 2 rings (SSSR count). The number of hydrogen-bond donors (Lipinski definition) is 1. The maximum absolute atomic E-state index is 12.9. The zero-order chi connectivity index (χ0) is 27.1. The van der Waals surface area contributed by atoms with Gasteiger partial charge >= 0.3 is 18.0 Å². The van der Waals surface area contributed by atoms with Crippen LogP contribution in [0.1, 0.15) is 72.1 Å². The van der Waals surface area contributed by atoms with E-state index < -0.39 is 34.7 Å². The van der Waals surface area contributed by atoms with Gasteiger partial charge in [-0.25, -0.2) is 9.59 Å². The van der Waals surface area contributed by atoms with Crippen LogP contribution in [-0.4, -0.2) is 35.3 Å². The molecule has 36 heavy (non-hydrogen) atoms. The van der Waals surface area contributed by atoms with Gasteiger partial charge in [-0.1, -0.05) is 54.6 Å². The molecule has 0 spiro atoms. The quantitative estimate of drug-likeness (QED) is 0.383. The highest BCUT2D eigenvalue weighted by Gasteiger charge is 2.34. The van der Waals surface area contributed by atoms with E-state index in [1.54, 1.807) is 20.8 Å². The van der Waals surface area contributed by atoms with Crippen molar-refractivity contribution in [2.24, 2.45) is 0 Å². The smallest absolute Gasteiger partial charge is 0.408 e. The zero-order valence-electron chi connectivity index (χ0n) is 22.6. The van der Waals surface area contributed by atoms with Crippen molar-refractivity contribution in [2.75, 3.05) is 0 Å². The van der Waals surface area contributed by atoms with Crippen LogP contribution in [-0.2, 0) is 42.2 Å². The van der Waals surface area contributed by atoms with Crippen molar-refractivity contribution in [3.05, 3.63) is 71.3 Å². The molecule has 1 atom stereocenters. The van der Waals surface area contributed by atoms with Gasteiger partial charge in [0.05, 0.1) is 5.41 Å². The predicted octanol–water partition coefficient (Wildman–Crippen LogP) is 5.49. The van der Waals surface area contributed by atoms with E-state index in [9.17, 15) is 14.4 Å². The summed E-state index contributed by atoms with van der Waals surface area (Å²) in [6.07, 6.45) is -0.508. The first-order valence-corrected chi connectivity index (χ1v) is 12.1. The number of nitrogens with one attached hydrogen (secondary N) is 1. The fraction of sp³-hybridized carbons (Fsp3) is 0.483. The van der Waals surface area contributed by atoms with E-state index in [2.05, 4.69) is 5.32 Å².